The average Bonchev–Trinajstić information content (AvgIpc) is 3.61. The monoisotopic (exact) mass is 699 g/mol. The molecule has 3 saturated heterocycles. The Labute approximate surface area is 258 Å². The highest BCUT2D eigenvalue weighted by atomic mass is 32.7. The van der Waals surface area contributed by atoms with Crippen LogP contribution in [0.1, 0.15) is 18.9 Å². The van der Waals surface area contributed by atoms with Crippen LogP contribution >= 0.6 is 13.5 Å². The van der Waals surface area contributed by atoms with Gasteiger partial charge in [-0.2, -0.15) is 0 Å². The molecule has 4 bridgehead atoms. The summed E-state index contributed by atoms with van der Waals surface area (Å²) >= 11 is 10.4. The lowest BCUT2D eigenvalue weighted by molar-refractivity contribution is -0.216. The Hall–Kier alpha value is -2.14. The first-order chi connectivity index (χ1) is 19.9. The van der Waals surface area contributed by atoms with Crippen LogP contribution in [0.5, 0.6) is 0 Å². The third-order valence-corrected chi connectivity index (χ3v) is 9.93. The number of nitrogens with two attached hydrogens (primary N) is 1. The van der Waals surface area contributed by atoms with Crippen LogP contribution in [0.15, 0.2) is 34.5 Å². The normalized spacial score (nSPS) is 35.8. The smallest absolute Gasteiger partial charge is 0.330 e. The predicted molar refractivity (Wildman–Crippen MR) is 157 cm³/mol. The van der Waals surface area contributed by atoms with Crippen LogP contribution in [0.2, 0.25) is 0 Å². The molecule has 2 unspecified atom stereocenters. The van der Waals surface area contributed by atoms with Crippen molar-refractivity contribution in [1.29, 1.82) is 0 Å². The minimum atomic E-state index is -4.28. The van der Waals surface area contributed by atoms with E-state index >= 15 is 0 Å². The topological polar surface area (TPSA) is 302 Å². The molecule has 24 heteroatoms. The molecule has 0 saturated carbocycles. The maximum atomic E-state index is 13.4. The molecule has 0 spiro atoms. The second-order valence-corrected chi connectivity index (χ2v) is 14.9. The molecule has 0 aromatic carbocycles. The Morgan fingerprint density at radius 2 is 1.89 bits per heavy atom. The summed E-state index contributed by atoms with van der Waals surface area (Å²) in [5.74, 6) is 0.138. The molecule has 3 aromatic heterocycles. The summed E-state index contributed by atoms with van der Waals surface area (Å²) in [4.78, 5) is 52.0. The highest BCUT2D eigenvalue weighted by Crippen LogP contribution is 2.53. The van der Waals surface area contributed by atoms with Gasteiger partial charge in [-0.3, -0.25) is 23.5 Å². The molecule has 3 aliphatic rings. The van der Waals surface area contributed by atoms with Crippen molar-refractivity contribution in [3.63, 3.8) is 0 Å². The number of ether oxygens (including phenoxy) is 3. The molecule has 9 atom stereocenters. The number of nitrogen functional groups attached to an aromatic ring is 1. The first kappa shape index (κ1) is 34.7. The van der Waals surface area contributed by atoms with E-state index in [2.05, 4.69) is 19.9 Å². The van der Waals surface area contributed by atoms with Crippen molar-refractivity contribution in [2.75, 3.05) is 26.1 Å². The summed E-state index contributed by atoms with van der Waals surface area (Å²) in [5, 5.41) is 0. The maximum Gasteiger partial charge on any atom is 0.330 e. The summed E-state index contributed by atoms with van der Waals surface area (Å²) in [5.41, 5.74) is 5.03. The van der Waals surface area contributed by atoms with E-state index in [0.29, 0.717) is 11.2 Å². The highest BCUT2D eigenvalue weighted by Gasteiger charge is 2.50. The summed E-state index contributed by atoms with van der Waals surface area (Å²) < 4.78 is 56.0. The highest BCUT2D eigenvalue weighted by molar-refractivity contribution is 8.32. The maximum absolute atomic E-state index is 13.4. The van der Waals surface area contributed by atoms with Crippen molar-refractivity contribution in [3.05, 3.63) is 45.8 Å². The minimum absolute atomic E-state index is 0. The van der Waals surface area contributed by atoms with Gasteiger partial charge >= 0.3 is 5.69 Å². The SMILES string of the molecule is CO[C@H]1[C@H]2OP(=O)([S-])OC[C@@H]3C[C@@H](OP([O-])(=S)OC[C@H]1O[C@H]2n1ccc(=O)[nH]c1=O)[C@H](n1cnc2c(N)ncnc21)O3.[NH4+].[NH4+]. The van der Waals surface area contributed by atoms with Gasteiger partial charge in [-0.05, 0) is 0 Å². The van der Waals surface area contributed by atoms with Crippen molar-refractivity contribution in [2.45, 2.75) is 49.4 Å². The first-order valence-electron chi connectivity index (χ1n) is 12.3. The molecule has 11 N–H and O–H groups in total. The van der Waals surface area contributed by atoms with E-state index in [-0.39, 0.29) is 31.1 Å². The fraction of sp³-hybridized carbons (Fsp3) is 0.550. The molecule has 44 heavy (non-hydrogen) atoms. The van der Waals surface area contributed by atoms with Gasteiger partial charge in [-0.1, -0.05) is 11.8 Å². The quantitative estimate of drug-likeness (QED) is 0.206. The van der Waals surface area contributed by atoms with E-state index in [9.17, 15) is 19.0 Å². The van der Waals surface area contributed by atoms with E-state index in [1.807, 2.05) is 0 Å². The minimum Gasteiger partial charge on any atom is -0.780 e. The van der Waals surface area contributed by atoms with Gasteiger partial charge in [-0.15, -0.1) is 0 Å². The number of nitrogens with one attached hydrogen (secondary N) is 1. The number of rotatable bonds is 3. The number of fused-ring (bicyclic) bond motifs is 5. The summed E-state index contributed by atoms with van der Waals surface area (Å²) in [6.07, 6.45) is -3.57. The van der Waals surface area contributed by atoms with Crippen molar-refractivity contribution >= 4 is 54.6 Å². The van der Waals surface area contributed by atoms with E-state index in [1.54, 1.807) is 0 Å². The van der Waals surface area contributed by atoms with Gasteiger partial charge in [0, 0.05) is 25.8 Å². The number of imidazole rings is 1. The van der Waals surface area contributed by atoms with Crippen molar-refractivity contribution in [1.82, 2.24) is 41.4 Å². The zero-order valence-corrected chi connectivity index (χ0v) is 26.9. The Morgan fingerprint density at radius 1 is 1.11 bits per heavy atom. The Morgan fingerprint density at radius 3 is 2.61 bits per heavy atom. The predicted octanol–water partition coefficient (Wildman–Crippen LogP) is -0.0320. The van der Waals surface area contributed by atoms with E-state index in [4.69, 9.17) is 62.1 Å². The number of hydrogen-bond acceptors (Lipinski definition) is 17. The van der Waals surface area contributed by atoms with Crippen molar-refractivity contribution < 1.29 is 41.8 Å². The Balaban J connectivity index is 0.00000221. The second-order valence-electron chi connectivity index (χ2n) is 9.45. The number of hydrogen-bond donors (Lipinski definition) is 4. The van der Waals surface area contributed by atoms with Crippen LogP contribution in [0.3, 0.4) is 0 Å². The van der Waals surface area contributed by atoms with Gasteiger partial charge in [-0.25, -0.2) is 19.7 Å². The molecule has 0 aliphatic carbocycles. The second kappa shape index (κ2) is 13.3. The van der Waals surface area contributed by atoms with E-state index in [0.717, 1.165) is 16.8 Å². The fourth-order valence-corrected chi connectivity index (χ4v) is 7.86. The van der Waals surface area contributed by atoms with Crippen LogP contribution in [0.25, 0.3) is 11.2 Å². The van der Waals surface area contributed by atoms with Gasteiger partial charge < -0.3 is 67.5 Å². The first-order valence-corrected chi connectivity index (χ1v) is 17.4. The van der Waals surface area contributed by atoms with Gasteiger partial charge in [0.05, 0.1) is 25.6 Å². The standard InChI is InChI=1S/C20H25N7O11P2S2.2H3N/c1-32-14-11-6-34-39(30,41)37-10-4-9(35-18(10)27-8-24-13-16(21)22-7-23-17(13)27)5-33-40(31,42)38-15(14)19(36-11)26-3-2-12(28)25-20(26)29;;/h2-3,7-11,14-15,18-19H,4-6H2,1H3,(H,30,41)(H,31,42)(H2,21,22,23)(H,25,28,29);2*1H3/t9-,10+,11+,14+,15+,18+,19+,39?,40?;;/m0../s1. The summed E-state index contributed by atoms with van der Waals surface area (Å²) in [6, 6.07) is 1.08. The lowest BCUT2D eigenvalue weighted by Crippen LogP contribution is -2.40. The largest absolute Gasteiger partial charge is 0.780 e. The summed E-state index contributed by atoms with van der Waals surface area (Å²) in [6.45, 7) is -9.28. The zero-order valence-electron chi connectivity index (χ0n) is 23.5. The van der Waals surface area contributed by atoms with Gasteiger partial charge in [0.25, 0.3) is 5.56 Å². The number of H-pyrrole nitrogens is 1. The molecule has 6 rings (SSSR count). The molecule has 3 aromatic rings. The summed E-state index contributed by atoms with van der Waals surface area (Å²) in [7, 11) is 1.31. The number of anilines is 1. The lowest BCUT2D eigenvalue weighted by atomic mass is 10.1. The van der Waals surface area contributed by atoms with Crippen LogP contribution in [-0.2, 0) is 60.9 Å². The van der Waals surface area contributed by atoms with Gasteiger partial charge in [0.1, 0.15) is 43.0 Å². The number of quaternary nitrogens is 2. The number of aromatic nitrogens is 6. The molecule has 244 valence electrons. The molecule has 6 heterocycles. The van der Waals surface area contributed by atoms with Crippen LogP contribution < -0.4 is 34.2 Å². The third-order valence-electron chi connectivity index (χ3n) is 6.82. The zero-order chi connectivity index (χ0) is 29.8. The van der Waals surface area contributed by atoms with Crippen molar-refractivity contribution in [3.8, 4) is 0 Å². The van der Waals surface area contributed by atoms with Crippen LogP contribution in [0, 0.1) is 0 Å². The number of nitrogens with zero attached hydrogens (tertiary/aromatic N) is 5. The van der Waals surface area contributed by atoms with Gasteiger partial charge in [0.15, 0.2) is 23.9 Å². The Kier molecular flexibility index (Phi) is 10.5. The molecule has 20 nitrogen and oxygen atoms in total. The number of methoxy groups -OCH3 is 1. The third kappa shape index (κ3) is 6.83. The molecular formula is C20H31N9O11P2S2. The molecule has 0 amide bonds. The van der Waals surface area contributed by atoms with Crippen LogP contribution in [0.4, 0.5) is 5.82 Å². The van der Waals surface area contributed by atoms with Crippen LogP contribution in [-0.4, -0.2) is 79.9 Å². The van der Waals surface area contributed by atoms with Gasteiger partial charge in [0.2, 0.25) is 6.80 Å². The molecule has 0 radical (unpaired) electrons. The number of aromatic amines is 1. The molecule has 3 fully saturated rings. The Bertz CT molecular complexity index is 1710. The molecule has 3 aliphatic heterocycles. The lowest BCUT2D eigenvalue weighted by Gasteiger charge is -2.34. The van der Waals surface area contributed by atoms with Crippen molar-refractivity contribution in [2.24, 2.45) is 0 Å². The molecular weight excluding hydrogens is 668 g/mol. The van der Waals surface area contributed by atoms with E-state index < -0.39 is 74.3 Å². The fourth-order valence-electron chi connectivity index (χ4n) is 5.03. The average molecular weight is 700 g/mol. The van der Waals surface area contributed by atoms with E-state index in [1.165, 1.54) is 24.3 Å².